The van der Waals surface area contributed by atoms with Gasteiger partial charge in [-0.15, -0.1) is 0 Å². The number of allylic oxidation sites excluding steroid dienone is 4. The van der Waals surface area contributed by atoms with Crippen molar-refractivity contribution >= 4 is 17.5 Å². The van der Waals surface area contributed by atoms with Gasteiger partial charge >= 0.3 is 5.97 Å². The third-order valence-corrected chi connectivity index (χ3v) is 8.44. The first-order valence-electron chi connectivity index (χ1n) is 13.8. The number of ether oxygens (including phenoxy) is 2. The van der Waals surface area contributed by atoms with Crippen molar-refractivity contribution in [3.63, 3.8) is 0 Å². The largest absolute Gasteiger partial charge is 0.508 e. The molecule has 208 valence electrons. The van der Waals surface area contributed by atoms with E-state index in [1.807, 2.05) is 51.1 Å². The smallest absolute Gasteiger partial charge is 0.337 e. The summed E-state index contributed by atoms with van der Waals surface area (Å²) in [5.41, 5.74) is 4.81. The molecule has 3 aliphatic rings. The zero-order valence-electron chi connectivity index (χ0n) is 23.7. The third-order valence-electron chi connectivity index (χ3n) is 8.44. The number of aromatic hydroxyl groups is 1. The number of hydrogen-bond donors (Lipinski definition) is 2. The molecular weight excluding hydrogens is 504 g/mol. The van der Waals surface area contributed by atoms with Crippen LogP contribution in [0.3, 0.4) is 0 Å². The van der Waals surface area contributed by atoms with E-state index in [0.29, 0.717) is 28.8 Å². The van der Waals surface area contributed by atoms with E-state index >= 15 is 0 Å². The van der Waals surface area contributed by atoms with Crippen molar-refractivity contribution < 1.29 is 28.7 Å². The van der Waals surface area contributed by atoms with Crippen LogP contribution < -0.4 is 10.1 Å². The number of rotatable bonds is 7. The van der Waals surface area contributed by atoms with Gasteiger partial charge in [0.15, 0.2) is 23.8 Å². The average molecular weight is 542 g/mol. The van der Waals surface area contributed by atoms with E-state index in [9.17, 15) is 14.7 Å². The van der Waals surface area contributed by atoms with Crippen LogP contribution in [0.15, 0.2) is 83.3 Å². The molecule has 2 aromatic rings. The van der Waals surface area contributed by atoms with Crippen LogP contribution in [0.5, 0.6) is 11.5 Å². The summed E-state index contributed by atoms with van der Waals surface area (Å²) in [5, 5.41) is 13.8. The first-order chi connectivity index (χ1) is 19.1. The maximum atomic E-state index is 14.0. The second-order valence-corrected chi connectivity index (χ2v) is 11.1. The standard InChI is InChI=1S/C33H36N2O5/c1-20(2)35-15-9-11-24(35)19-40-32(38)30-21(3)34-27-16-22(26-13-6-7-14-29(26)39-5)17-28(37)31(27)33(30,4)23-10-8-12-25(36)18-23/h6-8,10,12-14,18,22H,1,9,11,15-17,19H2,2-5H3,(H-,34,36,37,38)/p+1/t22?,33-/m0/s1. The van der Waals surface area contributed by atoms with Crippen LogP contribution in [-0.4, -0.2) is 47.4 Å². The summed E-state index contributed by atoms with van der Waals surface area (Å²) in [6, 6.07) is 14.6. The number of ketones is 1. The van der Waals surface area contributed by atoms with E-state index in [1.54, 1.807) is 25.3 Å². The number of para-hydroxylation sites is 1. The van der Waals surface area contributed by atoms with Gasteiger partial charge in [-0.3, -0.25) is 4.79 Å². The van der Waals surface area contributed by atoms with Crippen molar-refractivity contribution in [3.05, 3.63) is 94.5 Å². The monoisotopic (exact) mass is 541 g/mol. The number of methoxy groups -OCH3 is 1. The molecule has 0 spiro atoms. The lowest BCUT2D eigenvalue weighted by Gasteiger charge is -2.43. The summed E-state index contributed by atoms with van der Waals surface area (Å²) < 4.78 is 13.6. The molecule has 40 heavy (non-hydrogen) atoms. The van der Waals surface area contributed by atoms with Crippen LogP contribution in [0.25, 0.3) is 0 Å². The Morgan fingerprint density at radius 3 is 2.70 bits per heavy atom. The second-order valence-electron chi connectivity index (χ2n) is 11.1. The lowest BCUT2D eigenvalue weighted by molar-refractivity contribution is -0.469. The molecule has 2 heterocycles. The summed E-state index contributed by atoms with van der Waals surface area (Å²) in [6.07, 6.45) is 2.70. The number of benzene rings is 2. The van der Waals surface area contributed by atoms with Crippen molar-refractivity contribution in [1.29, 1.82) is 0 Å². The maximum absolute atomic E-state index is 14.0. The summed E-state index contributed by atoms with van der Waals surface area (Å²) >= 11 is 0. The Bertz CT molecular complexity index is 1500. The number of phenolic OH excluding ortho intramolecular Hbond substituents is 1. The minimum Gasteiger partial charge on any atom is -0.508 e. The van der Waals surface area contributed by atoms with Gasteiger partial charge in [0, 0.05) is 49.1 Å². The highest BCUT2D eigenvalue weighted by atomic mass is 16.5. The van der Waals surface area contributed by atoms with E-state index in [2.05, 4.69) is 16.5 Å². The van der Waals surface area contributed by atoms with E-state index in [-0.39, 0.29) is 30.5 Å². The van der Waals surface area contributed by atoms with Crippen LogP contribution in [0.2, 0.25) is 0 Å². The van der Waals surface area contributed by atoms with Crippen LogP contribution in [-0.2, 0) is 19.7 Å². The third kappa shape index (κ3) is 4.74. The SMILES string of the molecule is C=C(C)[N+]1=C(COC(=O)C2=C(C)NC3=C(C(=O)CC(c4ccccc4OC)C3)[C@@]2(C)c2cccc(O)c2)CCC1. The summed E-state index contributed by atoms with van der Waals surface area (Å²) in [6.45, 7) is 10.8. The summed E-state index contributed by atoms with van der Waals surface area (Å²) in [4.78, 5) is 27.9. The molecule has 7 nitrogen and oxygen atoms in total. The van der Waals surface area contributed by atoms with Crippen LogP contribution in [0.4, 0.5) is 0 Å². The van der Waals surface area contributed by atoms with Gasteiger partial charge in [-0.2, -0.15) is 0 Å². The number of Topliss-reactive ketones (excluding diaryl/α,β-unsaturated/α-hetero) is 1. The van der Waals surface area contributed by atoms with Crippen LogP contribution in [0.1, 0.15) is 63.5 Å². The number of carbonyl (C=O) groups is 2. The second kappa shape index (κ2) is 10.8. The lowest BCUT2D eigenvalue weighted by Crippen LogP contribution is -2.45. The molecule has 0 amide bonds. The van der Waals surface area contributed by atoms with Crippen molar-refractivity contribution in [2.45, 2.75) is 57.8 Å². The Kier molecular flexibility index (Phi) is 7.41. The topological polar surface area (TPSA) is 87.9 Å². The number of carbonyl (C=O) groups excluding carboxylic acids is 2. The van der Waals surface area contributed by atoms with E-state index < -0.39 is 11.4 Å². The predicted octanol–water partition coefficient (Wildman–Crippen LogP) is 5.26. The number of phenols is 1. The normalized spacial score (nSPS) is 22.7. The molecule has 5 rings (SSSR count). The number of nitrogens with one attached hydrogen (secondary N) is 1. The van der Waals surface area contributed by atoms with E-state index in [4.69, 9.17) is 9.47 Å². The highest BCUT2D eigenvalue weighted by molar-refractivity contribution is 6.06. The summed E-state index contributed by atoms with van der Waals surface area (Å²) in [5.74, 6) is 0.214. The zero-order chi connectivity index (χ0) is 28.6. The fourth-order valence-electron chi connectivity index (χ4n) is 6.65. The molecule has 2 atom stereocenters. The van der Waals surface area contributed by atoms with Gasteiger partial charge in [0.1, 0.15) is 18.0 Å². The van der Waals surface area contributed by atoms with Crippen molar-refractivity contribution in [1.82, 2.24) is 5.32 Å². The van der Waals surface area contributed by atoms with Gasteiger partial charge in [0.2, 0.25) is 0 Å². The quantitative estimate of drug-likeness (QED) is 0.367. The van der Waals surface area contributed by atoms with Crippen LogP contribution in [0, 0.1) is 0 Å². The molecule has 0 saturated carbocycles. The molecule has 0 bridgehead atoms. The number of nitrogens with zero attached hydrogens (tertiary/aromatic N) is 1. The molecule has 2 aliphatic heterocycles. The molecule has 2 aromatic carbocycles. The fourth-order valence-corrected chi connectivity index (χ4v) is 6.65. The molecule has 2 N–H and O–H groups in total. The number of esters is 1. The lowest BCUT2D eigenvalue weighted by atomic mass is 9.62. The van der Waals surface area contributed by atoms with Crippen molar-refractivity contribution in [2.24, 2.45) is 0 Å². The minimum atomic E-state index is -1.11. The molecule has 1 aliphatic carbocycles. The number of hydrogen-bond acceptors (Lipinski definition) is 6. The molecule has 7 heteroatoms. The predicted molar refractivity (Wildman–Crippen MR) is 153 cm³/mol. The van der Waals surface area contributed by atoms with Gasteiger partial charge in [-0.1, -0.05) is 30.3 Å². The Morgan fingerprint density at radius 2 is 1.98 bits per heavy atom. The van der Waals surface area contributed by atoms with Crippen molar-refractivity contribution in [3.8, 4) is 11.5 Å². The van der Waals surface area contributed by atoms with Gasteiger partial charge in [0.05, 0.1) is 18.1 Å². The van der Waals surface area contributed by atoms with E-state index in [1.165, 1.54) is 0 Å². The molecule has 0 radical (unpaired) electrons. The Morgan fingerprint density at radius 1 is 1.20 bits per heavy atom. The molecule has 0 aromatic heterocycles. The molecule has 0 saturated heterocycles. The summed E-state index contributed by atoms with van der Waals surface area (Å²) in [7, 11) is 1.64. The minimum absolute atomic E-state index is 0.0491. The Balaban J connectivity index is 1.56. The first-order valence-corrected chi connectivity index (χ1v) is 13.8. The maximum Gasteiger partial charge on any atom is 0.337 e. The van der Waals surface area contributed by atoms with Crippen LogP contribution >= 0.6 is 0 Å². The molecular formula is C33H37N2O5+. The van der Waals surface area contributed by atoms with Gasteiger partial charge < -0.3 is 19.9 Å². The fraction of sp³-hybridized carbons (Fsp3) is 0.364. The first kappa shape index (κ1) is 27.4. The highest BCUT2D eigenvalue weighted by Crippen LogP contribution is 2.50. The van der Waals surface area contributed by atoms with Gasteiger partial charge in [-0.05, 0) is 56.2 Å². The zero-order valence-corrected chi connectivity index (χ0v) is 23.7. The number of dihydropyridines is 1. The highest BCUT2D eigenvalue weighted by Gasteiger charge is 2.50. The van der Waals surface area contributed by atoms with Gasteiger partial charge in [-0.25, -0.2) is 9.37 Å². The average Bonchev–Trinajstić information content (AvgIpc) is 3.40. The van der Waals surface area contributed by atoms with E-state index in [0.717, 1.165) is 47.8 Å². The molecule has 0 fully saturated rings. The van der Waals surface area contributed by atoms with Gasteiger partial charge in [0.25, 0.3) is 0 Å². The Labute approximate surface area is 235 Å². The Hall–Kier alpha value is -4.13. The molecule has 1 unspecified atom stereocenters. The van der Waals surface area contributed by atoms with Crippen molar-refractivity contribution in [2.75, 3.05) is 20.3 Å².